The normalized spacial score (nSPS) is 25.7. The van der Waals surface area contributed by atoms with Gasteiger partial charge in [0, 0.05) is 0 Å². The average Bonchev–Trinajstić information content (AvgIpc) is 2.79. The number of hydrogen-bond acceptors (Lipinski definition) is 8. The van der Waals surface area contributed by atoms with Crippen LogP contribution in [0.15, 0.2) is 20.0 Å². The van der Waals surface area contributed by atoms with E-state index in [1.165, 1.54) is 0 Å². The summed E-state index contributed by atoms with van der Waals surface area (Å²) in [5.41, 5.74) is 0. The number of nitrogens with zero attached hydrogens (tertiary/aromatic N) is 4. The van der Waals surface area contributed by atoms with Crippen LogP contribution in [-0.4, -0.2) is 76.2 Å². The molecule has 0 aromatic heterocycles. The van der Waals surface area contributed by atoms with Crippen LogP contribution in [-0.2, 0) is 18.9 Å². The van der Waals surface area contributed by atoms with Crippen LogP contribution in [0.1, 0.15) is 66.2 Å². The number of ether oxygens (including phenoxy) is 4. The Morgan fingerprint density at radius 2 is 0.875 bits per heavy atom. The van der Waals surface area contributed by atoms with Crippen LogP contribution in [0.25, 0.3) is 0 Å². The molecule has 32 heavy (non-hydrogen) atoms. The van der Waals surface area contributed by atoms with Crippen molar-refractivity contribution in [3.63, 3.8) is 0 Å². The first-order chi connectivity index (χ1) is 15.4. The Bertz CT molecular complexity index is 655. The monoisotopic (exact) mass is 450 g/mol. The maximum absolute atomic E-state index is 5.54. The second kappa shape index (κ2) is 12.8. The fourth-order valence-corrected chi connectivity index (χ4v) is 4.12. The van der Waals surface area contributed by atoms with Gasteiger partial charge in [-0.1, -0.05) is 53.4 Å². The summed E-state index contributed by atoms with van der Waals surface area (Å²) in [4.78, 5) is 19.1. The molecule has 4 atom stereocenters. The Morgan fingerprint density at radius 1 is 0.531 bits per heavy atom. The van der Waals surface area contributed by atoms with Gasteiger partial charge in [-0.15, -0.1) is 0 Å². The van der Waals surface area contributed by atoms with E-state index in [9.17, 15) is 0 Å². The first-order valence-electron chi connectivity index (χ1n) is 11.8. The Balaban J connectivity index is 1.81. The molecule has 0 saturated carbocycles. The highest BCUT2D eigenvalue weighted by Gasteiger charge is 2.31. The molecule has 8 heteroatoms. The highest BCUT2D eigenvalue weighted by molar-refractivity contribution is 5.94. The van der Waals surface area contributed by atoms with Gasteiger partial charge in [0.15, 0.2) is 0 Å². The van der Waals surface area contributed by atoms with E-state index < -0.39 is 0 Å². The third-order valence-electron chi connectivity index (χ3n) is 5.98. The average molecular weight is 451 g/mol. The van der Waals surface area contributed by atoms with Gasteiger partial charge >= 0.3 is 0 Å². The van der Waals surface area contributed by atoms with E-state index in [2.05, 4.69) is 27.7 Å². The number of aliphatic imine (C=N–C) groups is 4. The maximum atomic E-state index is 5.54. The summed E-state index contributed by atoms with van der Waals surface area (Å²) in [6.45, 7) is 8.46. The zero-order chi connectivity index (χ0) is 23.7. The smallest absolute Gasteiger partial charge is 0.209 e. The Kier molecular flexibility index (Phi) is 10.5. The first-order valence-corrected chi connectivity index (χ1v) is 11.8. The lowest BCUT2D eigenvalue weighted by molar-refractivity contribution is 0.327. The first kappa shape index (κ1) is 26.1. The molecular weight excluding hydrogens is 408 g/mol. The highest BCUT2D eigenvalue weighted by Crippen LogP contribution is 2.23. The fraction of sp³-hybridized carbons (Fsp3) is 0.833. The minimum Gasteiger partial charge on any atom is -0.483 e. The summed E-state index contributed by atoms with van der Waals surface area (Å²) in [7, 11) is 6.69. The molecule has 0 saturated heterocycles. The van der Waals surface area contributed by atoms with Crippen LogP contribution in [0, 0.1) is 11.8 Å². The van der Waals surface area contributed by atoms with Crippen molar-refractivity contribution in [1.82, 2.24) is 0 Å². The standard InChI is InChI=1S/C24H42N4O4/c1-15(2)19-23(31-7)25-17(21(27-19)29-5)13-11-9-10-12-14-18-22(30-6)28-20(16(3)4)24(26-18)32-8/h15-20H,9-14H2,1-8H3/t17-,18-,19+,20+/m0/s1. The molecule has 2 heterocycles. The number of rotatable bonds is 9. The van der Waals surface area contributed by atoms with Crippen LogP contribution < -0.4 is 0 Å². The Morgan fingerprint density at radius 3 is 1.16 bits per heavy atom. The largest absolute Gasteiger partial charge is 0.483 e. The number of unbranched alkanes of at least 4 members (excludes halogenated alkanes) is 3. The summed E-state index contributed by atoms with van der Waals surface area (Å²) in [5, 5.41) is 0. The van der Waals surface area contributed by atoms with Gasteiger partial charge in [-0.25, -0.2) is 20.0 Å². The van der Waals surface area contributed by atoms with Crippen molar-refractivity contribution in [3.8, 4) is 0 Å². The van der Waals surface area contributed by atoms with Crippen molar-refractivity contribution in [2.24, 2.45) is 31.8 Å². The minimum atomic E-state index is -0.0637. The van der Waals surface area contributed by atoms with Gasteiger partial charge in [0.05, 0.1) is 28.4 Å². The lowest BCUT2D eigenvalue weighted by Gasteiger charge is -2.27. The molecule has 0 amide bonds. The number of hydrogen-bond donors (Lipinski definition) is 0. The van der Waals surface area contributed by atoms with Crippen molar-refractivity contribution >= 4 is 23.6 Å². The van der Waals surface area contributed by atoms with E-state index in [-0.39, 0.29) is 24.2 Å². The van der Waals surface area contributed by atoms with Crippen molar-refractivity contribution in [2.45, 2.75) is 90.4 Å². The topological polar surface area (TPSA) is 86.4 Å². The lowest BCUT2D eigenvalue weighted by Crippen LogP contribution is -2.37. The highest BCUT2D eigenvalue weighted by atomic mass is 16.5. The van der Waals surface area contributed by atoms with Crippen LogP contribution in [0.5, 0.6) is 0 Å². The van der Waals surface area contributed by atoms with E-state index in [0.29, 0.717) is 35.4 Å². The van der Waals surface area contributed by atoms with Gasteiger partial charge in [-0.05, 0) is 24.7 Å². The van der Waals surface area contributed by atoms with Crippen LogP contribution in [0.2, 0.25) is 0 Å². The summed E-state index contributed by atoms with van der Waals surface area (Å²) in [6.07, 6.45) is 6.14. The molecule has 0 aliphatic carbocycles. The molecule has 0 aromatic carbocycles. The third-order valence-corrected chi connectivity index (χ3v) is 5.98. The molecule has 0 bridgehead atoms. The van der Waals surface area contributed by atoms with E-state index in [4.69, 9.17) is 38.9 Å². The van der Waals surface area contributed by atoms with E-state index in [1.54, 1.807) is 28.4 Å². The van der Waals surface area contributed by atoms with Crippen molar-refractivity contribution in [3.05, 3.63) is 0 Å². The van der Waals surface area contributed by atoms with Gasteiger partial charge in [0.1, 0.15) is 24.2 Å². The molecule has 0 spiro atoms. The quantitative estimate of drug-likeness (QED) is 0.490. The molecule has 8 nitrogen and oxygen atoms in total. The molecule has 0 radical (unpaired) electrons. The van der Waals surface area contributed by atoms with E-state index in [1.807, 2.05) is 0 Å². The molecule has 0 aromatic rings. The molecule has 2 aliphatic heterocycles. The van der Waals surface area contributed by atoms with Gasteiger partial charge in [0.25, 0.3) is 0 Å². The van der Waals surface area contributed by atoms with Crippen LogP contribution in [0.3, 0.4) is 0 Å². The van der Waals surface area contributed by atoms with Gasteiger partial charge in [0.2, 0.25) is 23.6 Å². The van der Waals surface area contributed by atoms with Crippen molar-refractivity contribution < 1.29 is 18.9 Å². The molecule has 0 fully saturated rings. The van der Waals surface area contributed by atoms with E-state index >= 15 is 0 Å². The second-order valence-corrected chi connectivity index (χ2v) is 9.09. The van der Waals surface area contributed by atoms with Crippen LogP contribution >= 0.6 is 0 Å². The molecule has 182 valence electrons. The summed E-state index contributed by atoms with van der Waals surface area (Å²) >= 11 is 0. The van der Waals surface area contributed by atoms with E-state index in [0.717, 1.165) is 38.5 Å². The predicted molar refractivity (Wildman–Crippen MR) is 130 cm³/mol. The van der Waals surface area contributed by atoms with Crippen molar-refractivity contribution in [1.29, 1.82) is 0 Å². The van der Waals surface area contributed by atoms with Gasteiger partial charge in [-0.3, -0.25) is 0 Å². The Labute approximate surface area is 193 Å². The zero-order valence-electron chi connectivity index (χ0n) is 21.1. The van der Waals surface area contributed by atoms with Gasteiger partial charge in [-0.2, -0.15) is 0 Å². The SMILES string of the molecule is COC1=N[C@H](C(C)C)C(OC)=N[C@H]1CCCCCC[C@@H]1N=C(OC)[C@@H](C(C)C)N=C1OC. The molecule has 2 rings (SSSR count). The second-order valence-electron chi connectivity index (χ2n) is 9.09. The number of methoxy groups -OCH3 is 4. The minimum absolute atomic E-state index is 0.0580. The fourth-order valence-electron chi connectivity index (χ4n) is 4.12. The third kappa shape index (κ3) is 6.69. The summed E-state index contributed by atoms with van der Waals surface area (Å²) in [6, 6.07) is -0.243. The van der Waals surface area contributed by atoms with Crippen molar-refractivity contribution in [2.75, 3.05) is 28.4 Å². The van der Waals surface area contributed by atoms with Gasteiger partial charge < -0.3 is 18.9 Å². The lowest BCUT2D eigenvalue weighted by atomic mass is 9.99. The molecule has 2 aliphatic rings. The summed E-state index contributed by atoms with van der Waals surface area (Å²) < 4.78 is 22.1. The molecule has 0 N–H and O–H groups in total. The predicted octanol–water partition coefficient (Wildman–Crippen LogP) is 4.32. The zero-order valence-corrected chi connectivity index (χ0v) is 21.1. The Hall–Kier alpha value is -2.12. The molecule has 0 unspecified atom stereocenters. The van der Waals surface area contributed by atoms with Crippen LogP contribution in [0.4, 0.5) is 0 Å². The molecular formula is C24H42N4O4. The maximum Gasteiger partial charge on any atom is 0.209 e. The summed E-state index contributed by atoms with van der Waals surface area (Å²) in [5.74, 6) is 3.49.